The second kappa shape index (κ2) is 6.93. The minimum absolute atomic E-state index is 0.0339. The van der Waals surface area contributed by atoms with Gasteiger partial charge in [-0.25, -0.2) is 0 Å². The first kappa shape index (κ1) is 16.7. The summed E-state index contributed by atoms with van der Waals surface area (Å²) in [6.07, 6.45) is 0.0339. The Kier molecular flexibility index (Phi) is 4.13. The number of nitrogens with one attached hydrogen (secondary N) is 2. The lowest BCUT2D eigenvalue weighted by Crippen LogP contribution is -2.23. The maximum atomic E-state index is 5.94. The molecule has 0 bridgehead atoms. The van der Waals surface area contributed by atoms with Crippen LogP contribution in [0, 0.1) is 6.92 Å². The van der Waals surface area contributed by atoms with Crippen molar-refractivity contribution in [2.24, 2.45) is 0 Å². The zero-order valence-electron chi connectivity index (χ0n) is 15.8. The Balaban J connectivity index is 1.32. The molecule has 4 aromatic rings. The van der Waals surface area contributed by atoms with Crippen LogP contribution in [0.2, 0.25) is 0 Å². The predicted molar refractivity (Wildman–Crippen MR) is 116 cm³/mol. The molecular formula is C25H22N2O. The molecule has 1 heterocycles. The number of benzene rings is 4. The average Bonchev–Trinajstić information content (AvgIpc) is 2.74. The molecule has 28 heavy (non-hydrogen) atoms. The SMILES string of the molecule is Cc1ccc(COc2ccc(C3Nc4cccc5cccc(c45)N3)cc2)cc1. The lowest BCUT2D eigenvalue weighted by molar-refractivity contribution is 0.306. The third kappa shape index (κ3) is 3.16. The van der Waals surface area contributed by atoms with E-state index in [1.165, 1.54) is 27.5 Å². The van der Waals surface area contributed by atoms with Gasteiger partial charge >= 0.3 is 0 Å². The highest BCUT2D eigenvalue weighted by molar-refractivity contribution is 6.04. The molecule has 3 nitrogen and oxygen atoms in total. The summed E-state index contributed by atoms with van der Waals surface area (Å²) in [5.74, 6) is 0.877. The third-order valence-corrected chi connectivity index (χ3v) is 5.24. The summed E-state index contributed by atoms with van der Waals surface area (Å²) in [4.78, 5) is 0. The zero-order chi connectivity index (χ0) is 18.9. The van der Waals surface area contributed by atoms with Crippen molar-refractivity contribution in [3.05, 3.63) is 102 Å². The van der Waals surface area contributed by atoms with Crippen LogP contribution in [0.15, 0.2) is 84.9 Å². The van der Waals surface area contributed by atoms with Gasteiger partial charge in [-0.2, -0.15) is 0 Å². The van der Waals surface area contributed by atoms with E-state index in [1.807, 2.05) is 12.1 Å². The zero-order valence-corrected chi connectivity index (χ0v) is 15.8. The molecular weight excluding hydrogens is 344 g/mol. The molecule has 0 aromatic heterocycles. The Morgan fingerprint density at radius 3 is 2.04 bits per heavy atom. The molecule has 0 spiro atoms. The monoisotopic (exact) mass is 366 g/mol. The Morgan fingerprint density at radius 1 is 0.750 bits per heavy atom. The number of hydrogen-bond acceptors (Lipinski definition) is 3. The molecule has 1 aliphatic heterocycles. The molecule has 0 fully saturated rings. The smallest absolute Gasteiger partial charge is 0.123 e. The van der Waals surface area contributed by atoms with Crippen LogP contribution < -0.4 is 15.4 Å². The van der Waals surface area contributed by atoms with Crippen molar-refractivity contribution in [2.45, 2.75) is 19.7 Å². The van der Waals surface area contributed by atoms with Gasteiger partial charge in [0.15, 0.2) is 0 Å². The van der Waals surface area contributed by atoms with Crippen LogP contribution in [-0.2, 0) is 6.61 Å². The normalized spacial score (nSPS) is 13.0. The largest absolute Gasteiger partial charge is 0.489 e. The maximum absolute atomic E-state index is 5.94. The van der Waals surface area contributed by atoms with Gasteiger partial charge in [-0.3, -0.25) is 0 Å². The van der Waals surface area contributed by atoms with Gasteiger partial charge in [0.2, 0.25) is 0 Å². The Bertz CT molecular complexity index is 1080. The summed E-state index contributed by atoms with van der Waals surface area (Å²) in [5, 5.41) is 9.71. The van der Waals surface area contributed by atoms with Gasteiger partial charge in [-0.05, 0) is 47.7 Å². The van der Waals surface area contributed by atoms with E-state index in [-0.39, 0.29) is 6.17 Å². The predicted octanol–water partition coefficient (Wildman–Crippen LogP) is 6.26. The average molecular weight is 366 g/mol. The molecule has 0 saturated heterocycles. The van der Waals surface area contributed by atoms with E-state index in [0.29, 0.717) is 6.61 Å². The van der Waals surface area contributed by atoms with Crippen molar-refractivity contribution in [1.29, 1.82) is 0 Å². The van der Waals surface area contributed by atoms with Crippen molar-refractivity contribution in [2.75, 3.05) is 10.6 Å². The maximum Gasteiger partial charge on any atom is 0.123 e. The van der Waals surface area contributed by atoms with Gasteiger partial charge < -0.3 is 15.4 Å². The van der Waals surface area contributed by atoms with Gasteiger partial charge in [0.05, 0.1) is 0 Å². The molecule has 0 atom stereocenters. The lowest BCUT2D eigenvalue weighted by atomic mass is 10.0. The topological polar surface area (TPSA) is 33.3 Å². The first-order valence-electron chi connectivity index (χ1n) is 9.59. The van der Waals surface area contributed by atoms with Gasteiger partial charge in [-0.1, -0.05) is 66.2 Å². The van der Waals surface area contributed by atoms with E-state index in [9.17, 15) is 0 Å². The highest BCUT2D eigenvalue weighted by Gasteiger charge is 2.19. The molecule has 1 aliphatic rings. The van der Waals surface area contributed by atoms with Crippen molar-refractivity contribution in [3.63, 3.8) is 0 Å². The lowest BCUT2D eigenvalue weighted by Gasteiger charge is -2.29. The van der Waals surface area contributed by atoms with Gasteiger partial charge in [0.25, 0.3) is 0 Å². The summed E-state index contributed by atoms with van der Waals surface area (Å²) in [7, 11) is 0. The van der Waals surface area contributed by atoms with E-state index >= 15 is 0 Å². The minimum atomic E-state index is 0.0339. The van der Waals surface area contributed by atoms with E-state index in [2.05, 4.69) is 90.4 Å². The highest BCUT2D eigenvalue weighted by Crippen LogP contribution is 2.38. The fourth-order valence-corrected chi connectivity index (χ4v) is 3.70. The molecule has 0 radical (unpaired) electrons. The summed E-state index contributed by atoms with van der Waals surface area (Å²) in [6, 6.07) is 29.5. The van der Waals surface area contributed by atoms with Gasteiger partial charge in [0, 0.05) is 16.8 Å². The fraction of sp³-hybridized carbons (Fsp3) is 0.120. The van der Waals surface area contributed by atoms with E-state index in [4.69, 9.17) is 4.74 Å². The molecule has 0 amide bonds. The quantitative estimate of drug-likeness (QED) is 0.447. The molecule has 3 heteroatoms. The van der Waals surface area contributed by atoms with Crippen molar-refractivity contribution >= 4 is 22.1 Å². The first-order valence-corrected chi connectivity index (χ1v) is 9.59. The summed E-state index contributed by atoms with van der Waals surface area (Å²) >= 11 is 0. The summed E-state index contributed by atoms with van der Waals surface area (Å²) in [5.41, 5.74) is 5.94. The Hall–Kier alpha value is -3.46. The summed E-state index contributed by atoms with van der Waals surface area (Å²) in [6.45, 7) is 2.67. The van der Waals surface area contributed by atoms with Crippen LogP contribution in [0.4, 0.5) is 11.4 Å². The first-order chi connectivity index (χ1) is 13.8. The number of ether oxygens (including phenoxy) is 1. The molecule has 2 N–H and O–H groups in total. The van der Waals surface area contributed by atoms with Crippen LogP contribution in [0.1, 0.15) is 22.9 Å². The standard InChI is InChI=1S/C25H22N2O/c1-17-8-10-18(11-9-17)16-28-21-14-12-20(13-15-21)25-26-22-6-2-4-19-5-3-7-23(27-25)24(19)22/h2-15,25-27H,16H2,1H3. The fourth-order valence-electron chi connectivity index (χ4n) is 3.70. The second-order valence-corrected chi connectivity index (χ2v) is 7.27. The molecule has 4 aromatic carbocycles. The minimum Gasteiger partial charge on any atom is -0.489 e. The Labute approximate surface area is 165 Å². The van der Waals surface area contributed by atoms with Crippen LogP contribution >= 0.6 is 0 Å². The molecule has 138 valence electrons. The van der Waals surface area contributed by atoms with E-state index < -0.39 is 0 Å². The molecule has 0 saturated carbocycles. The van der Waals surface area contributed by atoms with E-state index in [0.717, 1.165) is 17.1 Å². The molecule has 0 aliphatic carbocycles. The number of anilines is 2. The van der Waals surface area contributed by atoms with Crippen LogP contribution in [0.25, 0.3) is 10.8 Å². The Morgan fingerprint density at radius 2 is 1.39 bits per heavy atom. The number of hydrogen-bond donors (Lipinski definition) is 2. The molecule has 0 unspecified atom stereocenters. The molecule has 5 rings (SSSR count). The third-order valence-electron chi connectivity index (χ3n) is 5.24. The van der Waals surface area contributed by atoms with Crippen LogP contribution in [-0.4, -0.2) is 0 Å². The van der Waals surface area contributed by atoms with Crippen molar-refractivity contribution in [1.82, 2.24) is 0 Å². The van der Waals surface area contributed by atoms with Crippen molar-refractivity contribution in [3.8, 4) is 5.75 Å². The van der Waals surface area contributed by atoms with E-state index in [1.54, 1.807) is 0 Å². The van der Waals surface area contributed by atoms with Crippen molar-refractivity contribution < 1.29 is 4.74 Å². The van der Waals surface area contributed by atoms with Crippen LogP contribution in [0.5, 0.6) is 5.75 Å². The van der Waals surface area contributed by atoms with Gasteiger partial charge in [-0.15, -0.1) is 0 Å². The van der Waals surface area contributed by atoms with Crippen LogP contribution in [0.3, 0.4) is 0 Å². The second-order valence-electron chi connectivity index (χ2n) is 7.27. The van der Waals surface area contributed by atoms with Gasteiger partial charge in [0.1, 0.15) is 18.5 Å². The highest BCUT2D eigenvalue weighted by atomic mass is 16.5. The summed E-state index contributed by atoms with van der Waals surface area (Å²) < 4.78 is 5.94. The number of rotatable bonds is 4. The number of aryl methyl sites for hydroxylation is 1.